The van der Waals surface area contributed by atoms with Crippen molar-refractivity contribution in [2.75, 3.05) is 14.1 Å². The van der Waals surface area contributed by atoms with Crippen molar-refractivity contribution >= 4 is 11.8 Å². The van der Waals surface area contributed by atoms with Crippen molar-refractivity contribution < 1.29 is 38.7 Å². The van der Waals surface area contributed by atoms with E-state index in [0.717, 1.165) is 63.5 Å². The Balaban J connectivity index is 1.13. The third-order valence-corrected chi connectivity index (χ3v) is 14.9. The predicted molar refractivity (Wildman–Crippen MR) is 173 cm³/mol. The third kappa shape index (κ3) is 4.84. The second-order valence-electron chi connectivity index (χ2n) is 17.9. The highest BCUT2D eigenvalue weighted by atomic mass is 17.2. The molecule has 16 atom stereocenters. The molecule has 0 aromatic rings. The molecule has 1 amide bonds. The molecule has 10 heteroatoms. The highest BCUT2D eigenvalue weighted by Gasteiger charge is 2.70. The molecule has 0 radical (unpaired) electrons. The van der Waals surface area contributed by atoms with Gasteiger partial charge in [0.15, 0.2) is 0 Å². The van der Waals surface area contributed by atoms with Crippen molar-refractivity contribution in [3.8, 4) is 0 Å². The van der Waals surface area contributed by atoms with Crippen LogP contribution in [0.25, 0.3) is 0 Å². The second kappa shape index (κ2) is 11.4. The molecule has 47 heavy (non-hydrogen) atoms. The molecule has 0 aromatic carbocycles. The Morgan fingerprint density at radius 3 is 1.81 bits per heavy atom. The molecule has 10 aliphatic rings. The van der Waals surface area contributed by atoms with E-state index in [1.54, 1.807) is 14.1 Å². The van der Waals surface area contributed by atoms with Crippen LogP contribution in [0.5, 0.6) is 0 Å². The lowest BCUT2D eigenvalue weighted by molar-refractivity contribution is -0.487. The SMILES string of the molecule is C[C@H]1[C@@H](/C(C[C@H]2O[C@@H]3C[C@@]4(C)CC[C@H]5[C@H](C)CC[C@@H]([C@H]2C)[C@@]35OO4)=N\OC(=O)N(C)C)O[C@@H]2C[C@@]3(C)CC[C@H]4[C@H](C)CC[C@@H]1[C@@]24OO3. The van der Waals surface area contributed by atoms with Gasteiger partial charge in [-0.3, -0.25) is 4.84 Å². The third-order valence-electron chi connectivity index (χ3n) is 14.9. The molecule has 4 aliphatic carbocycles. The van der Waals surface area contributed by atoms with Crippen LogP contribution in [0.3, 0.4) is 0 Å². The fourth-order valence-corrected chi connectivity index (χ4v) is 12.2. The highest BCUT2D eigenvalue weighted by Crippen LogP contribution is 2.63. The number of carbonyl (C=O) groups is 1. The quantitative estimate of drug-likeness (QED) is 0.140. The molecule has 10 nitrogen and oxygen atoms in total. The Kier molecular flexibility index (Phi) is 7.94. The maximum Gasteiger partial charge on any atom is 0.435 e. The van der Waals surface area contributed by atoms with Crippen LogP contribution in [-0.4, -0.2) is 77.6 Å². The van der Waals surface area contributed by atoms with Gasteiger partial charge >= 0.3 is 6.09 Å². The van der Waals surface area contributed by atoms with E-state index in [1.165, 1.54) is 11.3 Å². The van der Waals surface area contributed by atoms with Gasteiger partial charge in [-0.25, -0.2) is 24.3 Å². The van der Waals surface area contributed by atoms with Gasteiger partial charge in [0.25, 0.3) is 0 Å². The number of fused-ring (bicyclic) bond motifs is 4. The summed E-state index contributed by atoms with van der Waals surface area (Å²) in [6.07, 6.45) is 9.74. The number of carbonyl (C=O) groups excluding carboxylic acids is 1. The average Bonchev–Trinajstić information content (AvgIpc) is 3.41. The van der Waals surface area contributed by atoms with Crippen LogP contribution in [0.4, 0.5) is 4.79 Å². The topological polar surface area (TPSA) is 97.3 Å². The normalized spacial score (nSPS) is 54.9. The van der Waals surface area contributed by atoms with Gasteiger partial charge in [-0.1, -0.05) is 32.9 Å². The van der Waals surface area contributed by atoms with Crippen molar-refractivity contribution in [3.05, 3.63) is 0 Å². The lowest BCUT2D eigenvalue weighted by Gasteiger charge is -2.62. The Hall–Kier alpha value is -1.30. The minimum Gasteiger partial charge on any atom is -0.371 e. The summed E-state index contributed by atoms with van der Waals surface area (Å²) < 4.78 is 14.5. The van der Waals surface area contributed by atoms with Gasteiger partial charge in [0.05, 0.1) is 24.0 Å². The number of rotatable bonds is 4. The van der Waals surface area contributed by atoms with Gasteiger partial charge in [0, 0.05) is 33.4 Å². The van der Waals surface area contributed by atoms with Crippen molar-refractivity contribution in [3.63, 3.8) is 0 Å². The molecule has 6 heterocycles. The van der Waals surface area contributed by atoms with Crippen molar-refractivity contribution in [2.45, 2.75) is 159 Å². The van der Waals surface area contributed by atoms with Crippen LogP contribution in [0, 0.1) is 47.3 Å². The summed E-state index contributed by atoms with van der Waals surface area (Å²) in [7, 11) is 3.36. The first kappa shape index (κ1) is 32.9. The summed E-state index contributed by atoms with van der Waals surface area (Å²) in [5.41, 5.74) is -0.838. The van der Waals surface area contributed by atoms with Crippen LogP contribution < -0.4 is 0 Å². The maximum absolute atomic E-state index is 12.8. The first-order valence-corrected chi connectivity index (χ1v) is 18.8. The summed E-state index contributed by atoms with van der Waals surface area (Å²) >= 11 is 0. The molecule has 0 N–H and O–H groups in total. The van der Waals surface area contributed by atoms with Gasteiger partial charge in [0.1, 0.15) is 28.5 Å². The number of hydrogen-bond acceptors (Lipinski definition) is 9. The zero-order chi connectivity index (χ0) is 33.1. The van der Waals surface area contributed by atoms with Crippen LogP contribution in [0.15, 0.2) is 5.16 Å². The van der Waals surface area contributed by atoms with Gasteiger partial charge in [-0.15, -0.1) is 0 Å². The van der Waals surface area contributed by atoms with Crippen LogP contribution in [0.1, 0.15) is 112 Å². The highest BCUT2D eigenvalue weighted by molar-refractivity contribution is 5.90. The number of oxime groups is 1. The van der Waals surface area contributed by atoms with E-state index in [9.17, 15) is 4.79 Å². The zero-order valence-electron chi connectivity index (χ0n) is 29.9. The Bertz CT molecular complexity index is 1280. The Labute approximate surface area is 280 Å². The summed E-state index contributed by atoms with van der Waals surface area (Å²) in [6.45, 7) is 13.7. The van der Waals surface area contributed by atoms with Gasteiger partial charge in [-0.2, -0.15) is 0 Å². The molecule has 10 rings (SSSR count). The van der Waals surface area contributed by atoms with E-state index in [1.807, 2.05) is 0 Å². The number of amides is 1. The smallest absolute Gasteiger partial charge is 0.371 e. The number of ether oxygens (including phenoxy) is 2. The minimum absolute atomic E-state index is 0.0510. The van der Waals surface area contributed by atoms with Crippen LogP contribution in [0.2, 0.25) is 0 Å². The van der Waals surface area contributed by atoms with Crippen molar-refractivity contribution in [1.29, 1.82) is 0 Å². The molecule has 0 aromatic heterocycles. The van der Waals surface area contributed by atoms with Gasteiger partial charge in [-0.05, 0) is 113 Å². The summed E-state index contributed by atoms with van der Waals surface area (Å²) in [6, 6.07) is 0. The van der Waals surface area contributed by atoms with Crippen molar-refractivity contribution in [1.82, 2.24) is 4.90 Å². The van der Waals surface area contributed by atoms with E-state index < -0.39 is 17.3 Å². The van der Waals surface area contributed by atoms with Crippen molar-refractivity contribution in [2.24, 2.45) is 52.5 Å². The van der Waals surface area contributed by atoms with E-state index in [2.05, 4.69) is 46.7 Å². The molecule has 4 bridgehead atoms. The van der Waals surface area contributed by atoms with Gasteiger partial charge < -0.3 is 14.4 Å². The fourth-order valence-electron chi connectivity index (χ4n) is 12.2. The standard InChI is InChI=1S/C37H58N2O8/c1-20-9-11-26-22(3)29(41-30-18-34(5)15-13-24(20)36(26,30)46-44-34)17-28(38-43-33(40)39(7)8)32-23(4)27-12-10-21(2)25-14-16-35(6)19-31(42-32)37(25,27)47-45-35/h20-27,29-32H,9-19H2,1-8H3/b38-28-/t20-,21-,22-,23-,24+,25+,26+,27+,29-,30-,31-,32+,34-,35-,36-,37-/m1/s1. The molecule has 0 unspecified atom stereocenters. The lowest BCUT2D eigenvalue weighted by Crippen LogP contribution is -2.71. The average molecular weight is 659 g/mol. The lowest BCUT2D eigenvalue weighted by atomic mass is 9.55. The summed E-state index contributed by atoms with van der Waals surface area (Å²) in [5.74, 6) is 2.80. The molecule has 6 saturated heterocycles. The maximum atomic E-state index is 12.8. The number of nitrogens with zero attached hydrogens (tertiary/aromatic N) is 2. The van der Waals surface area contributed by atoms with E-state index >= 15 is 0 Å². The monoisotopic (exact) mass is 658 g/mol. The second-order valence-corrected chi connectivity index (χ2v) is 17.9. The molecule has 10 fully saturated rings. The Morgan fingerprint density at radius 2 is 1.26 bits per heavy atom. The molecular weight excluding hydrogens is 600 g/mol. The van der Waals surface area contributed by atoms with Crippen LogP contribution in [-0.2, 0) is 33.9 Å². The molecule has 6 aliphatic heterocycles. The van der Waals surface area contributed by atoms with E-state index in [0.29, 0.717) is 36.0 Å². The van der Waals surface area contributed by atoms with Crippen LogP contribution >= 0.6 is 0 Å². The minimum atomic E-state index is -0.494. The fraction of sp³-hybridized carbons (Fsp3) is 0.946. The predicted octanol–water partition coefficient (Wildman–Crippen LogP) is 6.85. The molecule has 4 saturated carbocycles. The molecular formula is C37H58N2O8. The van der Waals surface area contributed by atoms with E-state index in [4.69, 9.17) is 33.9 Å². The summed E-state index contributed by atoms with van der Waals surface area (Å²) in [5, 5.41) is 4.67. The van der Waals surface area contributed by atoms with Gasteiger partial charge in [0.2, 0.25) is 0 Å². The summed E-state index contributed by atoms with van der Waals surface area (Å²) in [4.78, 5) is 45.4. The largest absolute Gasteiger partial charge is 0.435 e. The van der Waals surface area contributed by atoms with E-state index in [-0.39, 0.29) is 53.4 Å². The first-order chi connectivity index (χ1) is 22.3. The molecule has 264 valence electrons. The molecule has 2 spiro atoms. The number of hydrogen-bond donors (Lipinski definition) is 0. The zero-order valence-corrected chi connectivity index (χ0v) is 29.9. The Morgan fingerprint density at radius 1 is 0.723 bits per heavy atom. The first-order valence-electron chi connectivity index (χ1n) is 18.8.